The Labute approximate surface area is 179 Å². The molecule has 2 aromatic heterocycles. The molecule has 4 N–H and O–H groups in total. The van der Waals surface area contributed by atoms with E-state index in [1.807, 2.05) is 11.8 Å². The van der Waals surface area contributed by atoms with Gasteiger partial charge in [-0.2, -0.15) is 0 Å². The Balaban J connectivity index is 2.08. The molecule has 12 heteroatoms. The first-order valence-electron chi connectivity index (χ1n) is 9.45. The SMILES string of the molecule is CCN(CCN(Cc1cccc(C(=O)O)n1)CP(=O)(O)O)Cc1cccc(C(=O)O)n1. The van der Waals surface area contributed by atoms with Gasteiger partial charge in [0, 0.05) is 26.2 Å². The van der Waals surface area contributed by atoms with Crippen LogP contribution in [0.25, 0.3) is 0 Å². The first-order valence-corrected chi connectivity index (χ1v) is 11.2. The number of nitrogens with zero attached hydrogens (tertiary/aromatic N) is 4. The molecule has 2 aromatic rings. The second-order valence-corrected chi connectivity index (χ2v) is 8.48. The summed E-state index contributed by atoms with van der Waals surface area (Å²) < 4.78 is 11.6. The maximum absolute atomic E-state index is 11.6. The highest BCUT2D eigenvalue weighted by atomic mass is 31.2. The third kappa shape index (κ3) is 8.52. The minimum atomic E-state index is -4.36. The summed E-state index contributed by atoms with van der Waals surface area (Å²) in [7, 11) is -4.36. The van der Waals surface area contributed by atoms with E-state index in [-0.39, 0.29) is 24.5 Å². The zero-order valence-electron chi connectivity index (χ0n) is 17.0. The van der Waals surface area contributed by atoms with Crippen molar-refractivity contribution >= 4 is 19.5 Å². The minimum absolute atomic E-state index is 0.0546. The molecule has 0 unspecified atom stereocenters. The molecule has 11 nitrogen and oxygen atoms in total. The molecule has 0 fully saturated rings. The zero-order valence-corrected chi connectivity index (χ0v) is 17.9. The van der Waals surface area contributed by atoms with Gasteiger partial charge in [-0.25, -0.2) is 19.6 Å². The lowest BCUT2D eigenvalue weighted by molar-refractivity contribution is 0.0679. The van der Waals surface area contributed by atoms with E-state index < -0.39 is 25.8 Å². The Hall–Kier alpha value is -2.69. The standard InChI is InChI=1S/C19H25N4O7P/c1-2-22(11-14-5-3-7-16(20-14)18(24)25)9-10-23(13-31(28,29)30)12-15-6-4-8-17(21-15)19(26)27/h3-8H,2,9-13H2,1H3,(H,24,25)(H,26,27)(H2,28,29,30). The lowest BCUT2D eigenvalue weighted by atomic mass is 10.2. The fourth-order valence-corrected chi connectivity index (χ4v) is 3.69. The van der Waals surface area contributed by atoms with Crippen LogP contribution in [0.2, 0.25) is 0 Å². The quantitative estimate of drug-likeness (QED) is 0.343. The molecule has 0 saturated carbocycles. The van der Waals surface area contributed by atoms with Crippen LogP contribution in [-0.4, -0.2) is 77.6 Å². The molecule has 0 aliphatic heterocycles. The van der Waals surface area contributed by atoms with Gasteiger partial charge in [-0.15, -0.1) is 0 Å². The molecular weight excluding hydrogens is 427 g/mol. The van der Waals surface area contributed by atoms with Gasteiger partial charge in [-0.3, -0.25) is 14.4 Å². The van der Waals surface area contributed by atoms with Crippen LogP contribution in [-0.2, 0) is 17.7 Å². The number of aromatic nitrogens is 2. The second kappa shape index (κ2) is 11.1. The Morgan fingerprint density at radius 3 is 1.74 bits per heavy atom. The Morgan fingerprint density at radius 1 is 0.871 bits per heavy atom. The van der Waals surface area contributed by atoms with Gasteiger partial charge in [0.25, 0.3) is 0 Å². The Kier molecular flexibility index (Phi) is 8.78. The van der Waals surface area contributed by atoms with E-state index in [2.05, 4.69) is 9.97 Å². The molecule has 0 radical (unpaired) electrons. The summed E-state index contributed by atoms with van der Waals surface area (Å²) in [6.07, 6.45) is -0.504. The van der Waals surface area contributed by atoms with E-state index in [1.165, 1.54) is 23.1 Å². The molecular formula is C19H25N4O7P. The van der Waals surface area contributed by atoms with Crippen LogP contribution >= 0.6 is 7.60 Å². The highest BCUT2D eigenvalue weighted by Gasteiger charge is 2.21. The number of likely N-dealkylation sites (N-methyl/N-ethyl adjacent to an activating group) is 1. The monoisotopic (exact) mass is 452 g/mol. The van der Waals surface area contributed by atoms with Gasteiger partial charge < -0.3 is 20.0 Å². The van der Waals surface area contributed by atoms with E-state index in [1.54, 1.807) is 18.2 Å². The number of carboxylic acid groups (broad SMARTS) is 2. The van der Waals surface area contributed by atoms with Crippen molar-refractivity contribution in [2.24, 2.45) is 0 Å². The summed E-state index contributed by atoms with van der Waals surface area (Å²) in [6.45, 7) is 3.65. The normalized spacial score (nSPS) is 11.8. The molecule has 0 saturated heterocycles. The van der Waals surface area contributed by atoms with Gasteiger partial charge in [0.15, 0.2) is 0 Å². The molecule has 0 spiro atoms. The highest BCUT2D eigenvalue weighted by molar-refractivity contribution is 7.51. The van der Waals surface area contributed by atoms with Gasteiger partial charge >= 0.3 is 19.5 Å². The van der Waals surface area contributed by atoms with Gasteiger partial charge in [-0.05, 0) is 30.8 Å². The van der Waals surface area contributed by atoms with Crippen molar-refractivity contribution in [2.75, 3.05) is 25.9 Å². The fourth-order valence-electron chi connectivity index (χ4n) is 2.92. The number of carboxylic acids is 2. The first kappa shape index (κ1) is 24.6. The van der Waals surface area contributed by atoms with Crippen LogP contribution < -0.4 is 0 Å². The molecule has 0 bridgehead atoms. The Morgan fingerprint density at radius 2 is 1.32 bits per heavy atom. The number of hydrogen-bond acceptors (Lipinski definition) is 7. The van der Waals surface area contributed by atoms with Crippen molar-refractivity contribution in [2.45, 2.75) is 20.0 Å². The molecule has 2 rings (SSSR count). The highest BCUT2D eigenvalue weighted by Crippen LogP contribution is 2.35. The van der Waals surface area contributed by atoms with Crippen molar-refractivity contribution in [3.05, 3.63) is 59.2 Å². The smallest absolute Gasteiger partial charge is 0.354 e. The molecule has 0 aromatic carbocycles. The topological polar surface area (TPSA) is 164 Å². The van der Waals surface area contributed by atoms with E-state index >= 15 is 0 Å². The minimum Gasteiger partial charge on any atom is -0.477 e. The summed E-state index contributed by atoms with van der Waals surface area (Å²) in [5.41, 5.74) is 0.751. The van der Waals surface area contributed by atoms with Gasteiger partial charge in [-0.1, -0.05) is 19.1 Å². The lowest BCUT2D eigenvalue weighted by Crippen LogP contribution is -2.35. The molecule has 31 heavy (non-hydrogen) atoms. The van der Waals surface area contributed by atoms with Crippen LogP contribution in [0, 0.1) is 0 Å². The third-order valence-corrected chi connectivity index (χ3v) is 5.16. The average Bonchev–Trinajstić information content (AvgIpc) is 2.70. The van der Waals surface area contributed by atoms with Gasteiger partial charge in [0.1, 0.15) is 17.7 Å². The number of pyridine rings is 2. The van der Waals surface area contributed by atoms with Crippen molar-refractivity contribution in [1.82, 2.24) is 19.8 Å². The number of hydrogen-bond donors (Lipinski definition) is 4. The summed E-state index contributed by atoms with van der Waals surface area (Å²) >= 11 is 0. The van der Waals surface area contributed by atoms with Gasteiger partial charge in [0.2, 0.25) is 0 Å². The predicted molar refractivity (Wildman–Crippen MR) is 111 cm³/mol. The maximum Gasteiger partial charge on any atom is 0.354 e. The third-order valence-electron chi connectivity index (χ3n) is 4.39. The molecule has 2 heterocycles. The Bertz CT molecular complexity index is 966. The van der Waals surface area contributed by atoms with Gasteiger partial charge in [0.05, 0.1) is 11.4 Å². The number of rotatable bonds is 12. The largest absolute Gasteiger partial charge is 0.477 e. The molecule has 0 atom stereocenters. The van der Waals surface area contributed by atoms with E-state index in [0.717, 1.165) is 0 Å². The fraction of sp³-hybridized carbons (Fsp3) is 0.368. The molecule has 0 aliphatic rings. The van der Waals surface area contributed by atoms with Crippen LogP contribution in [0.5, 0.6) is 0 Å². The van der Waals surface area contributed by atoms with Crippen LogP contribution in [0.1, 0.15) is 39.3 Å². The van der Waals surface area contributed by atoms with Crippen molar-refractivity contribution in [3.8, 4) is 0 Å². The summed E-state index contributed by atoms with van der Waals surface area (Å²) in [4.78, 5) is 52.6. The van der Waals surface area contributed by atoms with Crippen molar-refractivity contribution in [1.29, 1.82) is 0 Å². The number of aromatic carboxylic acids is 2. The van der Waals surface area contributed by atoms with E-state index in [9.17, 15) is 23.9 Å². The summed E-state index contributed by atoms with van der Waals surface area (Å²) in [6, 6.07) is 9.20. The van der Waals surface area contributed by atoms with Crippen molar-refractivity contribution in [3.63, 3.8) is 0 Å². The van der Waals surface area contributed by atoms with Crippen LogP contribution in [0.15, 0.2) is 36.4 Å². The average molecular weight is 452 g/mol. The second-order valence-electron chi connectivity index (χ2n) is 6.87. The summed E-state index contributed by atoms with van der Waals surface area (Å²) in [5.74, 6) is -2.30. The maximum atomic E-state index is 11.6. The summed E-state index contributed by atoms with van der Waals surface area (Å²) in [5, 5.41) is 18.2. The van der Waals surface area contributed by atoms with Crippen molar-refractivity contribution < 1.29 is 34.2 Å². The lowest BCUT2D eigenvalue weighted by Gasteiger charge is -2.27. The predicted octanol–water partition coefficient (Wildman–Crippen LogP) is 1.33. The van der Waals surface area contributed by atoms with Crippen LogP contribution in [0.4, 0.5) is 0 Å². The van der Waals surface area contributed by atoms with Crippen LogP contribution in [0.3, 0.4) is 0 Å². The molecule has 0 amide bonds. The number of carbonyl (C=O) groups is 2. The first-order chi connectivity index (χ1) is 14.6. The van der Waals surface area contributed by atoms with E-state index in [4.69, 9.17) is 10.2 Å². The molecule has 168 valence electrons. The zero-order chi connectivity index (χ0) is 23.0. The molecule has 0 aliphatic carbocycles. The van der Waals surface area contributed by atoms with E-state index in [0.29, 0.717) is 31.0 Å².